The highest BCUT2D eigenvalue weighted by Crippen LogP contribution is 2.25. The maximum Gasteiger partial charge on any atom is 0.136 e. The molecule has 2 nitrogen and oxygen atoms in total. The highest BCUT2D eigenvalue weighted by atomic mass is 35.5. The van der Waals surface area contributed by atoms with Crippen molar-refractivity contribution in [3.8, 4) is 12.3 Å². The van der Waals surface area contributed by atoms with Gasteiger partial charge in [0.1, 0.15) is 11.2 Å². The molecule has 14 heavy (non-hydrogen) atoms. The quantitative estimate of drug-likeness (QED) is 0.654. The molecule has 0 aliphatic rings. The van der Waals surface area contributed by atoms with Gasteiger partial charge < -0.3 is 0 Å². The van der Waals surface area contributed by atoms with Gasteiger partial charge in [-0.2, -0.15) is 5.10 Å². The van der Waals surface area contributed by atoms with E-state index < -0.39 is 0 Å². The van der Waals surface area contributed by atoms with Crippen LogP contribution in [-0.4, -0.2) is 9.78 Å². The molecule has 0 fully saturated rings. The second kappa shape index (κ2) is 3.36. The largest absolute Gasteiger partial charge is 0.238 e. The maximum atomic E-state index is 6.14. The zero-order valence-corrected chi connectivity index (χ0v) is 8.49. The minimum Gasteiger partial charge on any atom is -0.238 e. The van der Waals surface area contributed by atoms with Crippen LogP contribution in [0.4, 0.5) is 0 Å². The van der Waals surface area contributed by atoms with Gasteiger partial charge in [-0.3, -0.25) is 0 Å². The third-order valence-corrected chi connectivity index (χ3v) is 2.53. The number of nitrogens with zero attached hydrogens (tertiary/aromatic N) is 2. The normalized spacial score (nSPS) is 12.6. The van der Waals surface area contributed by atoms with E-state index in [4.69, 9.17) is 18.0 Å². The van der Waals surface area contributed by atoms with Crippen molar-refractivity contribution < 1.29 is 0 Å². The van der Waals surface area contributed by atoms with Crippen LogP contribution < -0.4 is 0 Å². The number of rotatable bonds is 1. The van der Waals surface area contributed by atoms with Crippen molar-refractivity contribution in [1.82, 2.24) is 9.78 Å². The summed E-state index contributed by atoms with van der Waals surface area (Å²) in [7, 11) is 0. The molecule has 2 rings (SSSR count). The molecular weight excluding hydrogens is 196 g/mol. The van der Waals surface area contributed by atoms with E-state index in [2.05, 4.69) is 11.0 Å². The Hall–Kier alpha value is -1.46. The molecule has 1 aromatic heterocycles. The average molecular weight is 205 g/mol. The molecule has 0 amide bonds. The number of benzene rings is 1. The van der Waals surface area contributed by atoms with Crippen LogP contribution in [0.1, 0.15) is 13.0 Å². The van der Waals surface area contributed by atoms with Crippen molar-refractivity contribution >= 4 is 22.5 Å². The first-order valence-electron chi connectivity index (χ1n) is 4.33. The molecule has 1 atom stereocenters. The van der Waals surface area contributed by atoms with E-state index in [-0.39, 0.29) is 6.04 Å². The van der Waals surface area contributed by atoms with E-state index in [1.165, 1.54) is 0 Å². The third kappa shape index (κ3) is 1.26. The lowest BCUT2D eigenvalue weighted by Gasteiger charge is -2.04. The van der Waals surface area contributed by atoms with Crippen LogP contribution in [0.15, 0.2) is 24.3 Å². The first-order valence-corrected chi connectivity index (χ1v) is 4.70. The topological polar surface area (TPSA) is 17.8 Å². The van der Waals surface area contributed by atoms with E-state index in [1.54, 1.807) is 4.68 Å². The van der Waals surface area contributed by atoms with Crippen molar-refractivity contribution in [2.24, 2.45) is 0 Å². The molecule has 0 saturated carbocycles. The minimum atomic E-state index is -0.116. The molecule has 1 heterocycles. The Morgan fingerprint density at radius 1 is 1.50 bits per heavy atom. The van der Waals surface area contributed by atoms with Gasteiger partial charge in [-0.05, 0) is 19.1 Å². The first-order chi connectivity index (χ1) is 6.74. The number of hydrogen-bond donors (Lipinski definition) is 0. The van der Waals surface area contributed by atoms with Crippen LogP contribution in [-0.2, 0) is 0 Å². The Balaban J connectivity index is 2.70. The Morgan fingerprint density at radius 2 is 2.21 bits per heavy atom. The van der Waals surface area contributed by atoms with Gasteiger partial charge >= 0.3 is 0 Å². The van der Waals surface area contributed by atoms with Gasteiger partial charge in [0.05, 0.1) is 5.52 Å². The minimum absolute atomic E-state index is 0.116. The number of hydrogen-bond acceptors (Lipinski definition) is 1. The molecular formula is C11H9ClN2. The zero-order chi connectivity index (χ0) is 10.1. The molecule has 2 aromatic rings. The van der Waals surface area contributed by atoms with Crippen molar-refractivity contribution in [3.05, 3.63) is 29.4 Å². The predicted molar refractivity (Wildman–Crippen MR) is 58.3 cm³/mol. The molecule has 0 N–H and O–H groups in total. The fourth-order valence-corrected chi connectivity index (χ4v) is 1.69. The summed E-state index contributed by atoms with van der Waals surface area (Å²) in [5, 5.41) is 5.87. The van der Waals surface area contributed by atoms with Crippen molar-refractivity contribution in [2.45, 2.75) is 13.0 Å². The summed E-state index contributed by atoms with van der Waals surface area (Å²) in [6, 6.07) is 7.60. The average Bonchev–Trinajstić information content (AvgIpc) is 2.56. The smallest absolute Gasteiger partial charge is 0.136 e. The van der Waals surface area contributed by atoms with E-state index in [1.807, 2.05) is 31.2 Å². The SMILES string of the molecule is C#CC(C)n1nc2ccccc2c1Cl. The molecule has 70 valence electrons. The number of aromatic nitrogens is 2. The van der Waals surface area contributed by atoms with Crippen LogP contribution in [0, 0.1) is 12.3 Å². The highest BCUT2D eigenvalue weighted by molar-refractivity contribution is 6.34. The molecule has 3 heteroatoms. The molecule has 0 radical (unpaired) electrons. The zero-order valence-electron chi connectivity index (χ0n) is 7.74. The second-order valence-corrected chi connectivity index (χ2v) is 3.45. The van der Waals surface area contributed by atoms with Gasteiger partial charge in [-0.1, -0.05) is 29.7 Å². The predicted octanol–water partition coefficient (Wildman–Crippen LogP) is 2.88. The molecule has 0 saturated heterocycles. The van der Waals surface area contributed by atoms with Gasteiger partial charge in [0, 0.05) is 5.39 Å². The van der Waals surface area contributed by atoms with E-state index in [0.717, 1.165) is 10.9 Å². The summed E-state index contributed by atoms with van der Waals surface area (Å²) in [4.78, 5) is 0. The Kier molecular flexibility index (Phi) is 2.18. The van der Waals surface area contributed by atoms with Gasteiger partial charge in [0.2, 0.25) is 0 Å². The van der Waals surface area contributed by atoms with Crippen LogP contribution in [0.2, 0.25) is 5.15 Å². The summed E-state index contributed by atoms with van der Waals surface area (Å²) >= 11 is 6.14. The number of halogens is 1. The third-order valence-electron chi connectivity index (χ3n) is 2.15. The summed E-state index contributed by atoms with van der Waals surface area (Å²) < 4.78 is 1.66. The molecule has 0 bridgehead atoms. The van der Waals surface area contributed by atoms with E-state index in [9.17, 15) is 0 Å². The lowest BCUT2D eigenvalue weighted by molar-refractivity contribution is 0.604. The Bertz CT molecular complexity index is 507. The molecule has 1 unspecified atom stereocenters. The molecule has 1 aromatic carbocycles. The van der Waals surface area contributed by atoms with Crippen molar-refractivity contribution in [1.29, 1.82) is 0 Å². The molecule has 0 spiro atoms. The van der Waals surface area contributed by atoms with E-state index >= 15 is 0 Å². The standard InChI is InChI=1S/C11H9ClN2/c1-3-8(2)14-11(12)9-6-4-5-7-10(9)13-14/h1,4-8H,2H3. The van der Waals surface area contributed by atoms with Crippen molar-refractivity contribution in [2.75, 3.05) is 0 Å². The van der Waals surface area contributed by atoms with Gasteiger partial charge in [-0.15, -0.1) is 6.42 Å². The second-order valence-electron chi connectivity index (χ2n) is 3.10. The van der Waals surface area contributed by atoms with Crippen LogP contribution in [0.3, 0.4) is 0 Å². The van der Waals surface area contributed by atoms with Gasteiger partial charge in [0.15, 0.2) is 0 Å². The first kappa shape index (κ1) is 9.11. The van der Waals surface area contributed by atoms with Crippen LogP contribution >= 0.6 is 11.6 Å². The van der Waals surface area contributed by atoms with Crippen LogP contribution in [0.25, 0.3) is 10.9 Å². The van der Waals surface area contributed by atoms with Crippen LogP contribution in [0.5, 0.6) is 0 Å². The molecule has 0 aliphatic heterocycles. The summed E-state index contributed by atoms with van der Waals surface area (Å²) in [6.07, 6.45) is 5.33. The van der Waals surface area contributed by atoms with Gasteiger partial charge in [-0.25, -0.2) is 4.68 Å². The van der Waals surface area contributed by atoms with Crippen molar-refractivity contribution in [3.63, 3.8) is 0 Å². The fourth-order valence-electron chi connectivity index (χ4n) is 1.35. The lowest BCUT2D eigenvalue weighted by atomic mass is 10.3. The fraction of sp³-hybridized carbons (Fsp3) is 0.182. The Morgan fingerprint density at radius 3 is 2.86 bits per heavy atom. The highest BCUT2D eigenvalue weighted by Gasteiger charge is 2.11. The molecule has 0 aliphatic carbocycles. The number of fused-ring (bicyclic) bond motifs is 1. The summed E-state index contributed by atoms with van der Waals surface area (Å²) in [5.74, 6) is 2.60. The van der Waals surface area contributed by atoms with Gasteiger partial charge in [0.25, 0.3) is 0 Å². The monoisotopic (exact) mass is 204 g/mol. The maximum absolute atomic E-state index is 6.14. The summed E-state index contributed by atoms with van der Waals surface area (Å²) in [5.41, 5.74) is 0.875. The van der Waals surface area contributed by atoms with E-state index in [0.29, 0.717) is 5.15 Å². The lowest BCUT2D eigenvalue weighted by Crippen LogP contribution is -2.03. The Labute approximate surface area is 87.5 Å². The number of terminal acetylenes is 1. The summed E-state index contributed by atoms with van der Waals surface area (Å²) in [6.45, 7) is 1.89.